The Balaban J connectivity index is 2.77. The van der Waals surface area contributed by atoms with Crippen molar-refractivity contribution < 1.29 is 4.79 Å². The third-order valence-electron chi connectivity index (χ3n) is 2.85. The van der Waals surface area contributed by atoms with E-state index in [4.69, 9.17) is 0 Å². The first-order valence-corrected chi connectivity index (χ1v) is 4.42. The van der Waals surface area contributed by atoms with Gasteiger partial charge in [-0.3, -0.25) is 4.79 Å². The Morgan fingerprint density at radius 2 is 2.36 bits per heavy atom. The van der Waals surface area contributed by atoms with E-state index in [1.807, 2.05) is 6.08 Å². The first kappa shape index (κ1) is 8.51. The number of carbonyl (C=O) groups is 1. The first-order valence-electron chi connectivity index (χ1n) is 4.42. The van der Waals surface area contributed by atoms with Crippen LogP contribution in [0.2, 0.25) is 0 Å². The van der Waals surface area contributed by atoms with Gasteiger partial charge in [0.1, 0.15) is 5.78 Å². The van der Waals surface area contributed by atoms with Crippen LogP contribution in [0.1, 0.15) is 39.0 Å². The van der Waals surface area contributed by atoms with Crippen LogP contribution in [0.25, 0.3) is 0 Å². The number of carbonyl (C=O) groups excluding carboxylic acids is 1. The lowest BCUT2D eigenvalue weighted by Gasteiger charge is -2.31. The maximum atomic E-state index is 11.5. The number of rotatable bonds is 2. The van der Waals surface area contributed by atoms with E-state index in [2.05, 4.69) is 13.5 Å². The van der Waals surface area contributed by atoms with Gasteiger partial charge in [0.15, 0.2) is 0 Å². The monoisotopic (exact) mass is 152 g/mol. The molecule has 0 aromatic carbocycles. The number of hydrogen-bond acceptors (Lipinski definition) is 1. The molecular weight excluding hydrogens is 136 g/mol. The predicted octanol–water partition coefficient (Wildman–Crippen LogP) is 2.71. The molecule has 0 aliphatic heterocycles. The second-order valence-electron chi connectivity index (χ2n) is 3.34. The van der Waals surface area contributed by atoms with Gasteiger partial charge in [0.2, 0.25) is 0 Å². The van der Waals surface area contributed by atoms with E-state index in [-0.39, 0.29) is 5.41 Å². The number of allylic oxidation sites excluding steroid dienone is 1. The van der Waals surface area contributed by atoms with Crippen LogP contribution in [0, 0.1) is 5.41 Å². The molecule has 0 heterocycles. The predicted molar refractivity (Wildman–Crippen MR) is 46.4 cm³/mol. The summed E-state index contributed by atoms with van der Waals surface area (Å²) in [6.07, 6.45) is 6.83. The van der Waals surface area contributed by atoms with Crippen LogP contribution in [-0.2, 0) is 4.79 Å². The zero-order valence-electron chi connectivity index (χ0n) is 7.23. The molecule has 1 heteroatoms. The third-order valence-corrected chi connectivity index (χ3v) is 2.85. The summed E-state index contributed by atoms with van der Waals surface area (Å²) in [5.41, 5.74) is -0.155. The molecule has 0 amide bonds. The van der Waals surface area contributed by atoms with Gasteiger partial charge in [-0.1, -0.05) is 19.4 Å². The van der Waals surface area contributed by atoms with E-state index in [1.165, 1.54) is 6.42 Å². The average molecular weight is 152 g/mol. The molecule has 1 aliphatic carbocycles. The molecule has 1 aliphatic rings. The Morgan fingerprint density at radius 3 is 2.73 bits per heavy atom. The molecule has 0 aromatic rings. The third kappa shape index (κ3) is 1.37. The normalized spacial score (nSPS) is 31.9. The van der Waals surface area contributed by atoms with Gasteiger partial charge in [-0.25, -0.2) is 0 Å². The van der Waals surface area contributed by atoms with Crippen LogP contribution >= 0.6 is 0 Å². The lowest BCUT2D eigenvalue weighted by atomic mass is 9.71. The summed E-state index contributed by atoms with van der Waals surface area (Å²) < 4.78 is 0. The number of ketones is 1. The molecule has 0 spiro atoms. The van der Waals surface area contributed by atoms with Crippen LogP contribution in [0.4, 0.5) is 0 Å². The molecule has 1 atom stereocenters. The summed E-state index contributed by atoms with van der Waals surface area (Å²) >= 11 is 0. The smallest absolute Gasteiger partial charge is 0.142 e. The Kier molecular flexibility index (Phi) is 2.48. The maximum absolute atomic E-state index is 11.5. The van der Waals surface area contributed by atoms with Gasteiger partial charge >= 0.3 is 0 Å². The molecule has 62 valence electrons. The minimum atomic E-state index is -0.155. The van der Waals surface area contributed by atoms with E-state index < -0.39 is 0 Å². The van der Waals surface area contributed by atoms with Gasteiger partial charge in [-0.05, 0) is 19.3 Å². The van der Waals surface area contributed by atoms with Gasteiger partial charge < -0.3 is 0 Å². The molecular formula is C10H16O. The Bertz CT molecular complexity index is 172. The first-order chi connectivity index (χ1) is 5.25. The Hall–Kier alpha value is -0.590. The highest BCUT2D eigenvalue weighted by atomic mass is 16.1. The SMILES string of the molecule is C=C[C@]1(CC)CCCCC1=O. The zero-order chi connectivity index (χ0) is 8.32. The molecule has 1 nitrogen and oxygen atoms in total. The molecule has 0 bridgehead atoms. The van der Waals surface area contributed by atoms with Crippen molar-refractivity contribution in [2.75, 3.05) is 0 Å². The summed E-state index contributed by atoms with van der Waals surface area (Å²) in [5, 5.41) is 0. The molecule has 1 fully saturated rings. The molecule has 0 unspecified atom stereocenters. The highest BCUT2D eigenvalue weighted by Crippen LogP contribution is 2.36. The highest BCUT2D eigenvalue weighted by Gasteiger charge is 2.34. The van der Waals surface area contributed by atoms with Crippen LogP contribution < -0.4 is 0 Å². The lowest BCUT2D eigenvalue weighted by molar-refractivity contribution is -0.128. The highest BCUT2D eigenvalue weighted by molar-refractivity contribution is 5.87. The quantitative estimate of drug-likeness (QED) is 0.556. The average Bonchev–Trinajstić information content (AvgIpc) is 2.06. The van der Waals surface area contributed by atoms with Crippen LogP contribution in [-0.4, -0.2) is 5.78 Å². The molecule has 0 saturated heterocycles. The van der Waals surface area contributed by atoms with Crippen molar-refractivity contribution in [3.05, 3.63) is 12.7 Å². The van der Waals surface area contributed by atoms with Crippen LogP contribution in [0.5, 0.6) is 0 Å². The largest absolute Gasteiger partial charge is 0.299 e. The van der Waals surface area contributed by atoms with E-state index in [1.54, 1.807) is 0 Å². The lowest BCUT2D eigenvalue weighted by Crippen LogP contribution is -2.31. The number of Topliss-reactive ketones (excluding diaryl/α,β-unsaturated/α-hetero) is 1. The molecule has 0 N–H and O–H groups in total. The fourth-order valence-electron chi connectivity index (χ4n) is 1.85. The summed E-state index contributed by atoms with van der Waals surface area (Å²) in [6.45, 7) is 5.83. The van der Waals surface area contributed by atoms with Crippen LogP contribution in [0.3, 0.4) is 0 Å². The van der Waals surface area contributed by atoms with Crippen molar-refractivity contribution in [2.45, 2.75) is 39.0 Å². The fraction of sp³-hybridized carbons (Fsp3) is 0.700. The van der Waals surface area contributed by atoms with Gasteiger partial charge in [-0.15, -0.1) is 6.58 Å². The van der Waals surface area contributed by atoms with E-state index in [0.29, 0.717) is 5.78 Å². The standard InChI is InChI=1S/C10H16O/c1-3-10(4-2)8-6-5-7-9(10)11/h3H,1,4-8H2,2H3/t10-/m0/s1. The maximum Gasteiger partial charge on any atom is 0.142 e. The van der Waals surface area contributed by atoms with Gasteiger partial charge in [-0.2, -0.15) is 0 Å². The second-order valence-corrected chi connectivity index (χ2v) is 3.34. The minimum absolute atomic E-state index is 0.155. The van der Waals surface area contributed by atoms with E-state index in [0.717, 1.165) is 25.7 Å². The Labute approximate surface area is 68.5 Å². The van der Waals surface area contributed by atoms with Crippen LogP contribution in [0.15, 0.2) is 12.7 Å². The van der Waals surface area contributed by atoms with Crippen molar-refractivity contribution in [1.29, 1.82) is 0 Å². The molecule has 0 aromatic heterocycles. The molecule has 1 rings (SSSR count). The van der Waals surface area contributed by atoms with Crippen molar-refractivity contribution in [2.24, 2.45) is 5.41 Å². The molecule has 11 heavy (non-hydrogen) atoms. The summed E-state index contributed by atoms with van der Waals surface area (Å²) in [6, 6.07) is 0. The van der Waals surface area contributed by atoms with Gasteiger partial charge in [0.05, 0.1) is 0 Å². The van der Waals surface area contributed by atoms with Crippen molar-refractivity contribution in [3.8, 4) is 0 Å². The fourth-order valence-corrected chi connectivity index (χ4v) is 1.85. The van der Waals surface area contributed by atoms with E-state index in [9.17, 15) is 4.79 Å². The Morgan fingerprint density at radius 1 is 1.64 bits per heavy atom. The zero-order valence-corrected chi connectivity index (χ0v) is 7.23. The second kappa shape index (κ2) is 3.21. The summed E-state index contributed by atoms with van der Waals surface area (Å²) in [5.74, 6) is 0.404. The van der Waals surface area contributed by atoms with Crippen molar-refractivity contribution in [3.63, 3.8) is 0 Å². The summed E-state index contributed by atoms with van der Waals surface area (Å²) in [7, 11) is 0. The molecule has 0 radical (unpaired) electrons. The molecule has 1 saturated carbocycles. The van der Waals surface area contributed by atoms with Gasteiger partial charge in [0.25, 0.3) is 0 Å². The van der Waals surface area contributed by atoms with E-state index >= 15 is 0 Å². The van der Waals surface area contributed by atoms with Crippen molar-refractivity contribution in [1.82, 2.24) is 0 Å². The van der Waals surface area contributed by atoms with Crippen molar-refractivity contribution >= 4 is 5.78 Å². The number of hydrogen-bond donors (Lipinski definition) is 0. The topological polar surface area (TPSA) is 17.1 Å². The summed E-state index contributed by atoms with van der Waals surface area (Å²) in [4.78, 5) is 11.5. The minimum Gasteiger partial charge on any atom is -0.299 e. The van der Waals surface area contributed by atoms with Gasteiger partial charge in [0, 0.05) is 11.8 Å².